The second kappa shape index (κ2) is 36.4. The minimum atomic E-state index is -1.24. The van der Waals surface area contributed by atoms with Crippen molar-refractivity contribution < 1.29 is 95.7 Å². The van der Waals surface area contributed by atoms with Gasteiger partial charge < -0.3 is 51.5 Å². The maximum Gasteiger partial charge on any atom is 0.373 e. The van der Waals surface area contributed by atoms with Gasteiger partial charge in [-0.05, 0) is 75.1 Å². The molecule has 2 rings (SSSR count). The van der Waals surface area contributed by atoms with Gasteiger partial charge in [-0.2, -0.15) is 9.59 Å². The Morgan fingerprint density at radius 2 is 1.27 bits per heavy atom. The molecule has 22 heteroatoms. The number of amides is 2. The van der Waals surface area contributed by atoms with Crippen molar-refractivity contribution >= 4 is 64.9 Å². The van der Waals surface area contributed by atoms with Crippen molar-refractivity contribution in [2.24, 2.45) is 0 Å². The zero-order chi connectivity index (χ0) is 47.0. The molecule has 1 aromatic carbocycles. The number of thiocarbonyl (C=S) groups is 1. The third-order valence-electron chi connectivity index (χ3n) is 10.5. The summed E-state index contributed by atoms with van der Waals surface area (Å²) in [7, 11) is 0. The first-order valence-corrected chi connectivity index (χ1v) is 22.0. The molecule has 64 heavy (non-hydrogen) atoms. The van der Waals surface area contributed by atoms with E-state index >= 15 is 0 Å². The van der Waals surface area contributed by atoms with Crippen molar-refractivity contribution in [3.05, 3.63) is 29.8 Å². The monoisotopic (exact) mass is 1080 g/mol. The van der Waals surface area contributed by atoms with Crippen LogP contribution in [-0.2, 0) is 40.0 Å². The van der Waals surface area contributed by atoms with Crippen molar-refractivity contribution in [3.8, 4) is 0 Å². The van der Waals surface area contributed by atoms with Gasteiger partial charge in [-0.25, -0.2) is 9.59 Å². The van der Waals surface area contributed by atoms with Gasteiger partial charge >= 0.3 is 36.1 Å². The van der Waals surface area contributed by atoms with Crippen molar-refractivity contribution in [1.82, 2.24) is 35.6 Å². The predicted molar refractivity (Wildman–Crippen MR) is 237 cm³/mol. The van der Waals surface area contributed by atoms with Crippen molar-refractivity contribution in [2.75, 3.05) is 90.4 Å². The molecule has 1 aliphatic rings. The molecule has 0 aromatic heterocycles. The molecule has 0 bridgehead atoms. The molecule has 1 radical (unpaired) electrons. The van der Waals surface area contributed by atoms with Crippen LogP contribution in [0.3, 0.4) is 0 Å². The van der Waals surface area contributed by atoms with Crippen molar-refractivity contribution in [1.29, 1.82) is 0 Å². The van der Waals surface area contributed by atoms with E-state index in [-0.39, 0.29) is 100 Å². The van der Waals surface area contributed by atoms with Crippen LogP contribution in [0.2, 0.25) is 0 Å². The molecule has 0 spiro atoms. The predicted octanol–water partition coefficient (Wildman–Crippen LogP) is 2.04. The first-order valence-electron chi connectivity index (χ1n) is 21.6. The Morgan fingerprint density at radius 1 is 0.703 bits per heavy atom. The number of benzene rings is 1. The van der Waals surface area contributed by atoms with Crippen molar-refractivity contribution in [3.63, 3.8) is 0 Å². The van der Waals surface area contributed by atoms with Gasteiger partial charge in [0.15, 0.2) is 5.11 Å². The summed E-state index contributed by atoms with van der Waals surface area (Å²) < 4.78 is 0. The van der Waals surface area contributed by atoms with Crippen LogP contribution >= 0.6 is 12.2 Å². The minimum Gasteiger partial charge on any atom is -0.481 e. The Kier molecular flexibility index (Phi) is 34.2. The van der Waals surface area contributed by atoms with Gasteiger partial charge in [-0.3, -0.25) is 29.0 Å². The standard InChI is InChI=1S/C41H68N8O10S.CO2.Lu/c1-3-46-21-23-47(4-2)28-33(49(30-38(55)56)26-25-48(24-22-46)29-37(53)54)27-31-13-15-32(16-14-31)44-41(60)43-19-9-7-5-6-8-11-34(50)17-18-35(39(57)58)45-40(59)42-20-10-12-36(51)52;2-1-3;/h13-16,33,35H,3-12,17-30H2,1-2H3,(H,51,52)(H,53,54)(H,55,56)(H,57,58)(H2,42,45,59)(H2,43,44,60);;/t33?,35-;;/m0../s1. The number of carbonyl (C=O) groups is 6. The number of nitrogens with one attached hydrogen (secondary N) is 4. The number of carboxylic acids is 4. The molecule has 2 atom stereocenters. The van der Waals surface area contributed by atoms with Crippen LogP contribution in [0.1, 0.15) is 83.6 Å². The van der Waals surface area contributed by atoms with Crippen LogP contribution in [0, 0.1) is 36.9 Å². The largest absolute Gasteiger partial charge is 0.481 e. The Bertz CT molecular complexity index is 1610. The number of aliphatic carboxylic acids is 4. The molecule has 0 aliphatic carbocycles. The van der Waals surface area contributed by atoms with E-state index in [1.54, 1.807) is 0 Å². The van der Waals surface area contributed by atoms with Crippen LogP contribution in [0.25, 0.3) is 0 Å². The third kappa shape index (κ3) is 29.6. The van der Waals surface area contributed by atoms with Gasteiger partial charge in [0.2, 0.25) is 0 Å². The molecule has 1 heterocycles. The Hall–Kier alpha value is -3.82. The molecule has 1 aromatic rings. The molecule has 1 fully saturated rings. The first-order chi connectivity index (χ1) is 30.1. The molecule has 8 N–H and O–H groups in total. The number of nitrogens with zero attached hydrogens (tertiary/aromatic N) is 4. The molecular weight excluding hydrogens is 1020 g/mol. The van der Waals surface area contributed by atoms with Gasteiger partial charge in [0, 0.05) is 127 Å². The number of likely N-dealkylation sites (N-methyl/N-ethyl adjacent to an activating group) is 2. The second-order valence-corrected chi connectivity index (χ2v) is 15.7. The topological polar surface area (TPSA) is 279 Å². The second-order valence-electron chi connectivity index (χ2n) is 15.3. The number of hydrogen-bond donors (Lipinski definition) is 8. The zero-order valence-electron chi connectivity index (χ0n) is 36.9. The summed E-state index contributed by atoms with van der Waals surface area (Å²) in [5.74, 6) is -4.11. The number of Topliss-reactive ketones (excluding diaryl/α,β-unsaturated/α-hetero) is 1. The molecule has 1 unspecified atom stereocenters. The number of carbonyl (C=O) groups excluding carboxylic acids is 4. The summed E-state index contributed by atoms with van der Waals surface area (Å²) in [4.78, 5) is 94.8. The van der Waals surface area contributed by atoms with E-state index < -0.39 is 36.0 Å². The van der Waals surface area contributed by atoms with Crippen LogP contribution in [0.4, 0.5) is 10.5 Å². The molecule has 20 nitrogen and oxygen atoms in total. The number of hydrogen-bond acceptors (Lipinski definition) is 13. The smallest absolute Gasteiger partial charge is 0.373 e. The normalized spacial score (nSPS) is 15.8. The Morgan fingerprint density at radius 3 is 1.86 bits per heavy atom. The zero-order valence-corrected chi connectivity index (χ0v) is 39.4. The quantitative estimate of drug-likeness (QED) is 0.0487. The van der Waals surface area contributed by atoms with E-state index in [0.29, 0.717) is 57.1 Å². The Balaban J connectivity index is 0.00000963. The maximum atomic E-state index is 12.3. The molecule has 1 saturated heterocycles. The SMILES string of the molecule is CCN1CCN(CC(=O)O)CCN(CC(=O)O)C(Cc2ccc(NC(=S)NCCCCCCCC(=O)CC[C@H](NC(=O)NCCCC(=O)O)C(=O)O)cc2)CN(CC)CC1.O=C=O.[Lu]. The fraction of sp³-hybridized carbons (Fsp3) is 0.667. The Labute approximate surface area is 410 Å². The number of rotatable bonds is 26. The van der Waals surface area contributed by atoms with Gasteiger partial charge in [0.05, 0.1) is 13.1 Å². The number of unbranched alkanes of at least 4 members (excludes halogenated alkanes) is 4. The average molecular weight is 1080 g/mol. The van der Waals surface area contributed by atoms with E-state index in [9.17, 15) is 44.1 Å². The van der Waals surface area contributed by atoms with Crippen LogP contribution in [-0.4, -0.2) is 184 Å². The number of carboxylic acid groups (broad SMARTS) is 4. The summed E-state index contributed by atoms with van der Waals surface area (Å²) in [5, 5.41) is 49.1. The fourth-order valence-corrected chi connectivity index (χ4v) is 7.18. The van der Waals surface area contributed by atoms with Gasteiger partial charge in [-0.1, -0.05) is 45.2 Å². The van der Waals surface area contributed by atoms with Crippen molar-refractivity contribution in [2.45, 2.75) is 96.6 Å². The van der Waals surface area contributed by atoms with Crippen LogP contribution in [0.5, 0.6) is 0 Å². The molecule has 369 valence electrons. The number of anilines is 1. The number of urea groups is 1. The molecular formula is C42H68LuN8O12S. The van der Waals surface area contributed by atoms with E-state index in [0.717, 1.165) is 69.7 Å². The van der Waals surface area contributed by atoms with Crippen LogP contribution in [0.15, 0.2) is 24.3 Å². The summed E-state index contributed by atoms with van der Waals surface area (Å²) >= 11 is 5.51. The summed E-state index contributed by atoms with van der Waals surface area (Å²) in [6.07, 6.45) is 5.62. The average Bonchev–Trinajstić information content (AvgIpc) is 3.22. The van der Waals surface area contributed by atoms with E-state index in [4.69, 9.17) is 26.9 Å². The summed E-state index contributed by atoms with van der Waals surface area (Å²) in [6.45, 7) is 11.1. The van der Waals surface area contributed by atoms with Gasteiger partial charge in [0.1, 0.15) is 11.8 Å². The fourth-order valence-electron chi connectivity index (χ4n) is 6.96. The minimum absolute atomic E-state index is 0. The molecule has 0 saturated carbocycles. The van der Waals surface area contributed by atoms with E-state index in [1.165, 1.54) is 0 Å². The van der Waals surface area contributed by atoms with E-state index in [2.05, 4.69) is 44.9 Å². The summed E-state index contributed by atoms with van der Waals surface area (Å²) in [5.41, 5.74) is 1.87. The van der Waals surface area contributed by atoms with Gasteiger partial charge in [0.25, 0.3) is 0 Å². The summed E-state index contributed by atoms with van der Waals surface area (Å²) in [6, 6.07) is 5.91. The third-order valence-corrected chi connectivity index (χ3v) is 10.8. The first kappa shape index (κ1) is 60.2. The molecule has 1 aliphatic heterocycles. The van der Waals surface area contributed by atoms with E-state index in [1.807, 2.05) is 34.1 Å². The maximum absolute atomic E-state index is 12.3. The molecule has 2 amide bonds. The van der Waals surface area contributed by atoms with Gasteiger partial charge in [-0.15, -0.1) is 0 Å². The van der Waals surface area contributed by atoms with Crippen LogP contribution < -0.4 is 21.3 Å². The number of ketones is 1.